The Morgan fingerprint density at radius 2 is 1.90 bits per heavy atom. The van der Waals surface area contributed by atoms with Crippen molar-refractivity contribution in [3.8, 4) is 0 Å². The van der Waals surface area contributed by atoms with E-state index in [0.717, 1.165) is 6.08 Å². The van der Waals surface area contributed by atoms with Crippen LogP contribution >= 0.6 is 12.6 Å². The van der Waals surface area contributed by atoms with E-state index in [2.05, 4.69) is 12.6 Å². The van der Waals surface area contributed by atoms with Crippen LogP contribution in [0.1, 0.15) is 47.0 Å². The zero-order valence-corrected chi connectivity index (χ0v) is 18.9. The lowest BCUT2D eigenvalue weighted by Gasteiger charge is -2.63. The van der Waals surface area contributed by atoms with Gasteiger partial charge in [0.15, 0.2) is 17.1 Å². The minimum absolute atomic E-state index is 0.0453. The summed E-state index contributed by atoms with van der Waals surface area (Å²) < 4.78 is 38.0. The summed E-state index contributed by atoms with van der Waals surface area (Å²) in [5.41, 5.74) is -6.46. The van der Waals surface area contributed by atoms with Gasteiger partial charge in [0.2, 0.25) is 5.12 Å². The quantitative estimate of drug-likeness (QED) is 0.494. The molecule has 4 rings (SSSR count). The summed E-state index contributed by atoms with van der Waals surface area (Å²) in [6.07, 6.45) is 0.549. The molecule has 0 aromatic carbocycles. The van der Waals surface area contributed by atoms with E-state index >= 15 is 8.78 Å². The van der Waals surface area contributed by atoms with E-state index < -0.39 is 69.0 Å². The Labute approximate surface area is 185 Å². The lowest BCUT2D eigenvalue weighted by atomic mass is 9.44. The number of ketones is 1. The van der Waals surface area contributed by atoms with Gasteiger partial charge in [-0.2, -0.15) is 0 Å². The summed E-state index contributed by atoms with van der Waals surface area (Å²) in [6, 6.07) is 0. The normalized spacial score (nSPS) is 50.8. The lowest BCUT2D eigenvalue weighted by Crippen LogP contribution is -2.70. The number of esters is 1. The Balaban J connectivity index is 1.89. The van der Waals surface area contributed by atoms with Crippen LogP contribution in [0.3, 0.4) is 0 Å². The number of carbonyl (C=O) groups excluding carboxylic acids is 3. The molecule has 5 unspecified atom stereocenters. The maximum Gasteiger partial charge on any atom is 0.303 e. The van der Waals surface area contributed by atoms with E-state index in [0.29, 0.717) is 6.42 Å². The minimum atomic E-state index is -2.24. The van der Waals surface area contributed by atoms with Crippen molar-refractivity contribution in [1.82, 2.24) is 0 Å². The lowest BCUT2D eigenvalue weighted by molar-refractivity contribution is -0.228. The van der Waals surface area contributed by atoms with Gasteiger partial charge >= 0.3 is 5.97 Å². The third kappa shape index (κ3) is 2.55. The monoisotopic (exact) mass is 454 g/mol. The average Bonchev–Trinajstić information content (AvgIpc) is 2.87. The molecule has 0 amide bonds. The predicted molar refractivity (Wildman–Crippen MR) is 112 cm³/mol. The number of aliphatic hydroxyl groups is 1. The Kier molecular flexibility index (Phi) is 4.92. The van der Waals surface area contributed by atoms with Crippen molar-refractivity contribution in [2.75, 3.05) is 0 Å². The molecule has 1 N–H and O–H groups in total. The fourth-order valence-corrected chi connectivity index (χ4v) is 7.99. The second kappa shape index (κ2) is 6.73. The molecule has 0 saturated heterocycles. The molecule has 9 atom stereocenters. The second-order valence-corrected chi connectivity index (χ2v) is 10.5. The third-order valence-corrected chi connectivity index (χ3v) is 9.12. The number of ether oxygens (including phenoxy) is 1. The van der Waals surface area contributed by atoms with Gasteiger partial charge in [0.05, 0.1) is 6.10 Å². The molecule has 0 radical (unpaired) electrons. The van der Waals surface area contributed by atoms with Gasteiger partial charge in [-0.3, -0.25) is 14.4 Å². The highest BCUT2D eigenvalue weighted by molar-refractivity contribution is 7.96. The third-order valence-electron chi connectivity index (χ3n) is 8.79. The molecule has 3 fully saturated rings. The van der Waals surface area contributed by atoms with Crippen LogP contribution < -0.4 is 0 Å². The number of thiol groups is 1. The summed E-state index contributed by atoms with van der Waals surface area (Å²) in [5, 5.41) is 10.6. The van der Waals surface area contributed by atoms with Crippen LogP contribution in [0.5, 0.6) is 0 Å². The van der Waals surface area contributed by atoms with Crippen molar-refractivity contribution in [3.63, 3.8) is 0 Å². The van der Waals surface area contributed by atoms with Crippen molar-refractivity contribution < 1.29 is 33.0 Å². The van der Waals surface area contributed by atoms with E-state index in [-0.39, 0.29) is 18.4 Å². The van der Waals surface area contributed by atoms with Crippen LogP contribution in [-0.4, -0.2) is 45.5 Å². The van der Waals surface area contributed by atoms with E-state index in [1.54, 1.807) is 13.8 Å². The van der Waals surface area contributed by atoms with Gasteiger partial charge in [-0.25, -0.2) is 8.78 Å². The predicted octanol–water partition coefficient (Wildman–Crippen LogP) is 3.31. The number of hydrogen-bond acceptors (Lipinski definition) is 5. The number of fused-ring (bicyclic) bond motifs is 5. The number of alkyl halides is 2. The maximum absolute atomic E-state index is 17.1. The van der Waals surface area contributed by atoms with Gasteiger partial charge in [0, 0.05) is 29.6 Å². The molecule has 0 aromatic rings. The SMILES string of the molecule is CC(=O)OC1(C(=O)S)C(C)C[C@H]2[C@@H]3CC(F)C4=CC(=O)C=C[C@]4(C)C3(F)C(O)C[C@@]21C. The Morgan fingerprint density at radius 1 is 1.26 bits per heavy atom. The molecule has 170 valence electrons. The van der Waals surface area contributed by atoms with Crippen molar-refractivity contribution in [2.45, 2.75) is 70.5 Å². The maximum atomic E-state index is 17.1. The van der Waals surface area contributed by atoms with Crippen LogP contribution in [0.25, 0.3) is 0 Å². The van der Waals surface area contributed by atoms with Crippen molar-refractivity contribution in [2.24, 2.45) is 28.6 Å². The summed E-state index contributed by atoms with van der Waals surface area (Å²) in [5.74, 6) is -3.04. The summed E-state index contributed by atoms with van der Waals surface area (Å²) in [6.45, 7) is 6.17. The molecule has 3 saturated carbocycles. The average molecular weight is 455 g/mol. The summed E-state index contributed by atoms with van der Waals surface area (Å²) in [4.78, 5) is 36.6. The number of allylic oxidation sites excluding steroid dienone is 4. The van der Waals surface area contributed by atoms with Gasteiger partial charge in [0.1, 0.15) is 6.17 Å². The fraction of sp³-hybridized carbons (Fsp3) is 0.696. The van der Waals surface area contributed by atoms with Gasteiger partial charge < -0.3 is 9.84 Å². The first-order chi connectivity index (χ1) is 14.3. The van der Waals surface area contributed by atoms with Crippen LogP contribution in [0.2, 0.25) is 0 Å². The number of aliphatic hydroxyl groups excluding tert-OH is 1. The zero-order valence-electron chi connectivity index (χ0n) is 18.0. The number of hydrogen-bond donors (Lipinski definition) is 2. The van der Waals surface area contributed by atoms with Crippen LogP contribution in [-0.2, 0) is 19.1 Å². The zero-order chi connectivity index (χ0) is 23.1. The highest BCUT2D eigenvalue weighted by Gasteiger charge is 2.77. The smallest absolute Gasteiger partial charge is 0.303 e. The molecule has 31 heavy (non-hydrogen) atoms. The largest absolute Gasteiger partial charge is 0.449 e. The molecular formula is C23H28F2O5S. The molecule has 0 bridgehead atoms. The van der Waals surface area contributed by atoms with Crippen LogP contribution in [0.15, 0.2) is 23.8 Å². The molecule has 0 aromatic heterocycles. The first-order valence-electron chi connectivity index (χ1n) is 10.6. The Bertz CT molecular complexity index is 933. The topological polar surface area (TPSA) is 80.7 Å². The summed E-state index contributed by atoms with van der Waals surface area (Å²) >= 11 is 4.05. The fourth-order valence-electron chi connectivity index (χ4n) is 7.47. The van der Waals surface area contributed by atoms with Gasteiger partial charge in [-0.15, -0.1) is 12.6 Å². The van der Waals surface area contributed by atoms with E-state index in [4.69, 9.17) is 4.74 Å². The standard InChI is InChI=1S/C23H28F2O5S/c1-11-7-14-15-9-17(24)16-8-13(27)5-6-20(16,3)22(15,25)18(28)10-21(14,4)23(11,19(29)31)30-12(2)26/h5-6,8,11,14-15,17-18,28H,7,9-10H2,1-4H3,(H,29,31)/t11?,14-,15-,17?,18?,20-,21-,22?,23?/m0/s1. The van der Waals surface area contributed by atoms with Crippen molar-refractivity contribution in [1.29, 1.82) is 0 Å². The van der Waals surface area contributed by atoms with E-state index in [9.17, 15) is 19.5 Å². The Morgan fingerprint density at radius 3 is 2.48 bits per heavy atom. The second-order valence-electron chi connectivity index (χ2n) is 10.1. The highest BCUT2D eigenvalue weighted by atomic mass is 32.1. The van der Waals surface area contributed by atoms with Crippen molar-refractivity contribution >= 4 is 29.5 Å². The summed E-state index contributed by atoms with van der Waals surface area (Å²) in [7, 11) is 0. The molecule has 0 spiro atoms. The number of carbonyl (C=O) groups is 3. The van der Waals surface area contributed by atoms with Crippen LogP contribution in [0, 0.1) is 28.6 Å². The molecule has 4 aliphatic rings. The first-order valence-corrected chi connectivity index (χ1v) is 11.1. The molecule has 8 heteroatoms. The minimum Gasteiger partial charge on any atom is -0.449 e. The Hall–Kier alpha value is -1.54. The molecule has 4 aliphatic carbocycles. The van der Waals surface area contributed by atoms with Crippen molar-refractivity contribution in [3.05, 3.63) is 23.8 Å². The van der Waals surface area contributed by atoms with E-state index in [1.165, 1.54) is 26.0 Å². The van der Waals surface area contributed by atoms with E-state index in [1.807, 2.05) is 0 Å². The molecule has 0 heterocycles. The number of rotatable bonds is 2. The van der Waals surface area contributed by atoms with Gasteiger partial charge in [0.25, 0.3) is 0 Å². The molecular weight excluding hydrogens is 426 g/mol. The molecule has 0 aliphatic heterocycles. The number of halogens is 2. The highest BCUT2D eigenvalue weighted by Crippen LogP contribution is 2.71. The first kappa shape index (κ1) is 22.6. The van der Waals surface area contributed by atoms with Gasteiger partial charge in [-0.05, 0) is 49.8 Å². The van der Waals surface area contributed by atoms with Gasteiger partial charge in [-0.1, -0.05) is 19.9 Å². The van der Waals surface area contributed by atoms with Crippen LogP contribution in [0.4, 0.5) is 8.78 Å². The molecule has 5 nitrogen and oxygen atoms in total.